The van der Waals surface area contributed by atoms with Crippen LogP contribution >= 0.6 is 0 Å². The number of hydrogen-bond acceptors (Lipinski definition) is 6. The van der Waals surface area contributed by atoms with Gasteiger partial charge in [0.1, 0.15) is 25.1 Å². The van der Waals surface area contributed by atoms with Crippen LogP contribution in [0, 0.1) is 5.82 Å². The lowest BCUT2D eigenvalue weighted by molar-refractivity contribution is -0.122. The van der Waals surface area contributed by atoms with Gasteiger partial charge in [-0.1, -0.05) is 12.1 Å². The van der Waals surface area contributed by atoms with Gasteiger partial charge in [-0.25, -0.2) is 4.39 Å². The molecule has 2 aromatic carbocycles. The second-order valence-corrected chi connectivity index (χ2v) is 5.95. The highest BCUT2D eigenvalue weighted by molar-refractivity contribution is 5.75. The molecular weight excluding hydrogens is 353 g/mol. The number of rotatable bonds is 5. The molecule has 0 saturated carbocycles. The number of ether oxygens (including phenoxy) is 2. The minimum Gasteiger partial charge on any atom is -0.486 e. The van der Waals surface area contributed by atoms with Gasteiger partial charge < -0.3 is 14.8 Å². The second-order valence-electron chi connectivity index (χ2n) is 5.95. The van der Waals surface area contributed by atoms with Crippen LogP contribution in [0.15, 0.2) is 48.5 Å². The normalized spacial score (nSPS) is 15.4. The predicted molar refractivity (Wildman–Crippen MR) is 92.6 cm³/mol. The first-order valence-electron chi connectivity index (χ1n) is 8.36. The maximum atomic E-state index is 13.0. The highest BCUT2D eigenvalue weighted by atomic mass is 19.1. The lowest BCUT2D eigenvalue weighted by Gasteiger charge is -2.26. The Hall–Kier alpha value is -3.49. The zero-order chi connectivity index (χ0) is 18.6. The van der Waals surface area contributed by atoms with E-state index in [0.29, 0.717) is 36.0 Å². The van der Waals surface area contributed by atoms with E-state index in [9.17, 15) is 9.18 Å². The molecule has 1 aliphatic heterocycles. The van der Waals surface area contributed by atoms with Gasteiger partial charge in [-0.3, -0.25) is 4.79 Å². The lowest BCUT2D eigenvalue weighted by Crippen LogP contribution is -2.41. The Morgan fingerprint density at radius 2 is 1.96 bits per heavy atom. The van der Waals surface area contributed by atoms with Crippen LogP contribution in [-0.2, 0) is 11.3 Å². The predicted octanol–water partition coefficient (Wildman–Crippen LogP) is 1.44. The van der Waals surface area contributed by atoms with Gasteiger partial charge in [0.2, 0.25) is 11.7 Å². The van der Waals surface area contributed by atoms with E-state index in [1.165, 1.54) is 16.9 Å². The van der Waals surface area contributed by atoms with E-state index in [-0.39, 0.29) is 24.4 Å². The van der Waals surface area contributed by atoms with Crippen molar-refractivity contribution in [2.45, 2.75) is 12.6 Å². The maximum Gasteiger partial charge on any atom is 0.243 e. The monoisotopic (exact) mass is 369 g/mol. The Morgan fingerprint density at radius 3 is 2.78 bits per heavy atom. The number of nitrogens with zero attached hydrogens (tertiary/aromatic N) is 4. The molecule has 1 aromatic heterocycles. The quantitative estimate of drug-likeness (QED) is 0.732. The molecule has 9 heteroatoms. The third-order valence-electron chi connectivity index (χ3n) is 3.93. The zero-order valence-corrected chi connectivity index (χ0v) is 14.2. The van der Waals surface area contributed by atoms with Crippen LogP contribution in [0.25, 0.3) is 11.4 Å². The molecule has 0 spiro atoms. The highest BCUT2D eigenvalue weighted by Gasteiger charge is 2.21. The average molecular weight is 369 g/mol. The van der Waals surface area contributed by atoms with Crippen molar-refractivity contribution in [1.82, 2.24) is 25.5 Å². The molecule has 1 unspecified atom stereocenters. The minimum atomic E-state index is -0.345. The summed E-state index contributed by atoms with van der Waals surface area (Å²) < 4.78 is 24.4. The zero-order valence-electron chi connectivity index (χ0n) is 14.2. The number of hydrogen-bond donors (Lipinski definition) is 1. The van der Waals surface area contributed by atoms with Crippen LogP contribution in [-0.4, -0.2) is 45.4 Å². The Bertz CT molecular complexity index is 944. The molecule has 8 nitrogen and oxygen atoms in total. The summed E-state index contributed by atoms with van der Waals surface area (Å²) in [5.41, 5.74) is 0.620. The van der Waals surface area contributed by atoms with Crippen molar-refractivity contribution in [1.29, 1.82) is 0 Å². The van der Waals surface area contributed by atoms with E-state index in [1.54, 1.807) is 12.1 Å². The van der Waals surface area contributed by atoms with E-state index < -0.39 is 0 Å². The number of para-hydroxylation sites is 2. The summed E-state index contributed by atoms with van der Waals surface area (Å²) in [4.78, 5) is 13.3. The molecule has 27 heavy (non-hydrogen) atoms. The molecule has 0 saturated heterocycles. The minimum absolute atomic E-state index is 0.0850. The van der Waals surface area contributed by atoms with Crippen molar-refractivity contribution < 1.29 is 18.7 Å². The fraction of sp³-hybridized carbons (Fsp3) is 0.222. The third kappa shape index (κ3) is 4.02. The number of carbonyl (C=O) groups excluding carboxylic acids is 1. The van der Waals surface area contributed by atoms with Crippen molar-refractivity contribution in [3.63, 3.8) is 0 Å². The molecule has 3 aromatic rings. The molecule has 1 N–H and O–H groups in total. The number of fused-ring (bicyclic) bond motifs is 1. The summed E-state index contributed by atoms with van der Waals surface area (Å²) in [6.45, 7) is 0.568. The Kier molecular flexibility index (Phi) is 4.65. The highest BCUT2D eigenvalue weighted by Crippen LogP contribution is 2.30. The SMILES string of the molecule is O=C(Cn1nnc(-c2ccc(F)cc2)n1)NCC1COc2ccccc2O1. The third-order valence-corrected chi connectivity index (χ3v) is 3.93. The van der Waals surface area contributed by atoms with Crippen LogP contribution in [0.4, 0.5) is 4.39 Å². The molecule has 1 amide bonds. The molecule has 0 fully saturated rings. The van der Waals surface area contributed by atoms with Gasteiger partial charge in [0.15, 0.2) is 11.5 Å². The van der Waals surface area contributed by atoms with Crippen molar-refractivity contribution in [2.75, 3.05) is 13.2 Å². The van der Waals surface area contributed by atoms with Crippen molar-refractivity contribution in [3.8, 4) is 22.9 Å². The fourth-order valence-electron chi connectivity index (χ4n) is 2.60. The molecular formula is C18H16FN5O3. The van der Waals surface area contributed by atoms with Crippen LogP contribution in [0.3, 0.4) is 0 Å². The van der Waals surface area contributed by atoms with Crippen molar-refractivity contribution in [3.05, 3.63) is 54.3 Å². The smallest absolute Gasteiger partial charge is 0.243 e. The Balaban J connectivity index is 1.29. The molecule has 1 atom stereocenters. The van der Waals surface area contributed by atoms with Crippen molar-refractivity contribution in [2.24, 2.45) is 0 Å². The second kappa shape index (κ2) is 7.40. The molecule has 0 bridgehead atoms. The van der Waals surface area contributed by atoms with Crippen LogP contribution in [0.5, 0.6) is 11.5 Å². The molecule has 138 valence electrons. The van der Waals surface area contributed by atoms with Crippen molar-refractivity contribution >= 4 is 5.91 Å². The van der Waals surface area contributed by atoms with Gasteiger partial charge in [0, 0.05) is 5.56 Å². The van der Waals surface area contributed by atoms with E-state index >= 15 is 0 Å². The van der Waals surface area contributed by atoms with E-state index in [4.69, 9.17) is 9.47 Å². The number of tetrazole rings is 1. The van der Waals surface area contributed by atoms with E-state index in [1.807, 2.05) is 24.3 Å². The topological polar surface area (TPSA) is 91.2 Å². The van der Waals surface area contributed by atoms with Gasteiger partial charge in [-0.2, -0.15) is 4.80 Å². The fourth-order valence-corrected chi connectivity index (χ4v) is 2.60. The Labute approximate surface area is 153 Å². The van der Waals surface area contributed by atoms with E-state index in [0.717, 1.165) is 0 Å². The molecule has 4 rings (SSSR count). The maximum absolute atomic E-state index is 13.0. The first-order valence-corrected chi connectivity index (χ1v) is 8.36. The number of aromatic nitrogens is 4. The Morgan fingerprint density at radius 1 is 1.19 bits per heavy atom. The van der Waals surface area contributed by atoms with Crippen LogP contribution < -0.4 is 14.8 Å². The summed E-state index contributed by atoms with van der Waals surface area (Å²) in [6, 6.07) is 13.1. The summed E-state index contributed by atoms with van der Waals surface area (Å²) in [6.07, 6.45) is -0.276. The lowest BCUT2D eigenvalue weighted by atomic mass is 10.2. The number of nitrogens with one attached hydrogen (secondary N) is 1. The van der Waals surface area contributed by atoms with Gasteiger partial charge in [-0.15, -0.1) is 10.2 Å². The van der Waals surface area contributed by atoms with E-state index in [2.05, 4.69) is 20.7 Å². The number of amides is 1. The molecule has 2 heterocycles. The summed E-state index contributed by atoms with van der Waals surface area (Å²) >= 11 is 0. The molecule has 1 aliphatic rings. The van der Waals surface area contributed by atoms with Crippen LogP contribution in [0.2, 0.25) is 0 Å². The van der Waals surface area contributed by atoms with Gasteiger partial charge >= 0.3 is 0 Å². The van der Waals surface area contributed by atoms with Crippen LogP contribution in [0.1, 0.15) is 0 Å². The first kappa shape index (κ1) is 17.0. The number of halogens is 1. The first-order chi connectivity index (χ1) is 13.2. The van der Waals surface area contributed by atoms with Gasteiger partial charge in [-0.05, 0) is 41.6 Å². The van der Waals surface area contributed by atoms with Gasteiger partial charge in [0.25, 0.3) is 0 Å². The summed E-state index contributed by atoms with van der Waals surface area (Å²) in [5, 5.41) is 14.6. The molecule has 0 aliphatic carbocycles. The van der Waals surface area contributed by atoms with Gasteiger partial charge in [0.05, 0.1) is 6.54 Å². The average Bonchev–Trinajstić information content (AvgIpc) is 3.15. The number of carbonyl (C=O) groups is 1. The number of benzene rings is 2. The summed E-state index contributed by atoms with van der Waals surface area (Å²) in [5.74, 6) is 1.05. The largest absolute Gasteiger partial charge is 0.486 e. The standard InChI is InChI=1S/C18H16FN5O3/c19-13-7-5-12(6-8-13)18-21-23-24(22-18)10-17(25)20-9-14-11-26-15-3-1-2-4-16(15)27-14/h1-8,14H,9-11H2,(H,20,25). The molecule has 0 radical (unpaired) electrons. The summed E-state index contributed by atoms with van der Waals surface area (Å²) in [7, 11) is 0.